The Bertz CT molecular complexity index is 1710. The number of rotatable bonds is 5. The van der Waals surface area contributed by atoms with Gasteiger partial charge < -0.3 is 9.72 Å². The molecule has 3 aromatic rings. The van der Waals surface area contributed by atoms with Crippen molar-refractivity contribution in [2.24, 2.45) is 4.99 Å². The molecule has 2 aromatic carbocycles. The Kier molecular flexibility index (Phi) is 8.54. The lowest BCUT2D eigenvalue weighted by atomic mass is 9.85. The Labute approximate surface area is 252 Å². The van der Waals surface area contributed by atoms with Crippen molar-refractivity contribution in [2.75, 3.05) is 6.61 Å². The van der Waals surface area contributed by atoms with E-state index in [-0.39, 0.29) is 29.2 Å². The molecule has 0 radical (unpaired) electrons. The highest BCUT2D eigenvalue weighted by atomic mass is 19.4. The third-order valence-electron chi connectivity index (χ3n) is 7.74. The fourth-order valence-corrected chi connectivity index (χ4v) is 5.56. The predicted molar refractivity (Wildman–Crippen MR) is 159 cm³/mol. The van der Waals surface area contributed by atoms with Gasteiger partial charge in [-0.15, -0.1) is 0 Å². The van der Waals surface area contributed by atoms with Crippen LogP contribution >= 0.6 is 0 Å². The van der Waals surface area contributed by atoms with Gasteiger partial charge in [0, 0.05) is 16.8 Å². The molecule has 0 spiro atoms. The van der Waals surface area contributed by atoms with Gasteiger partial charge in [0.2, 0.25) is 0 Å². The van der Waals surface area contributed by atoms with E-state index in [1.54, 1.807) is 34.6 Å². The number of aryl methyl sites for hydroxylation is 1. The fraction of sp³-hybridized carbons (Fsp3) is 0.353. The number of nitrogens with zero attached hydrogens (tertiary/aromatic N) is 1. The van der Waals surface area contributed by atoms with Gasteiger partial charge in [0.05, 0.1) is 40.4 Å². The van der Waals surface area contributed by atoms with Crippen LogP contribution in [0, 0.1) is 13.8 Å². The summed E-state index contributed by atoms with van der Waals surface area (Å²) < 4.78 is 88.0. The summed E-state index contributed by atoms with van der Waals surface area (Å²) in [5, 5.41) is 0. The topological polar surface area (TPSA) is 54.5 Å². The molecule has 0 atom stereocenters. The second-order valence-electron chi connectivity index (χ2n) is 11.8. The monoisotopic (exact) mass is 616 g/mol. The minimum absolute atomic E-state index is 0.136. The second-order valence-corrected chi connectivity index (χ2v) is 11.8. The summed E-state index contributed by atoms with van der Waals surface area (Å²) in [7, 11) is 0. The smallest absolute Gasteiger partial charge is 0.417 e. The molecule has 1 aliphatic rings. The summed E-state index contributed by atoms with van der Waals surface area (Å²) in [6.45, 7) is 14.7. The molecule has 0 amide bonds. The van der Waals surface area contributed by atoms with Crippen LogP contribution in [0.4, 0.5) is 26.3 Å². The first-order valence-electron chi connectivity index (χ1n) is 14.0. The highest BCUT2D eigenvalue weighted by Gasteiger charge is 2.39. The van der Waals surface area contributed by atoms with Gasteiger partial charge in [-0.05, 0) is 80.0 Å². The van der Waals surface area contributed by atoms with Crippen molar-refractivity contribution < 1.29 is 35.9 Å². The van der Waals surface area contributed by atoms with E-state index in [4.69, 9.17) is 9.73 Å². The van der Waals surface area contributed by atoms with Crippen molar-refractivity contribution in [1.82, 2.24) is 4.98 Å². The number of hydrogen-bond acceptors (Lipinski definition) is 3. The van der Waals surface area contributed by atoms with Crippen molar-refractivity contribution in [3.8, 4) is 11.1 Å². The minimum atomic E-state index is -5.04. The van der Waals surface area contributed by atoms with Gasteiger partial charge in [0.15, 0.2) is 0 Å². The van der Waals surface area contributed by atoms with Crippen molar-refractivity contribution in [2.45, 2.75) is 73.2 Å². The zero-order valence-electron chi connectivity index (χ0n) is 25.8. The lowest BCUT2D eigenvalue weighted by Crippen LogP contribution is -2.13. The van der Waals surface area contributed by atoms with Gasteiger partial charge in [-0.2, -0.15) is 26.3 Å². The van der Waals surface area contributed by atoms with Crippen LogP contribution in [-0.2, 0) is 27.3 Å². The number of hydrogen-bond donors (Lipinski definition) is 1. The second kappa shape index (κ2) is 11.4. The van der Waals surface area contributed by atoms with Gasteiger partial charge in [-0.3, -0.25) is 4.99 Å². The fourth-order valence-electron chi connectivity index (χ4n) is 5.56. The number of aromatic nitrogens is 1. The number of aromatic amines is 1. The molecular formula is C34H34F6N2O2. The summed E-state index contributed by atoms with van der Waals surface area (Å²) >= 11 is 0. The molecule has 0 aliphatic carbocycles. The Morgan fingerprint density at radius 3 is 1.98 bits per heavy atom. The molecule has 1 aliphatic heterocycles. The zero-order valence-corrected chi connectivity index (χ0v) is 25.8. The number of carbonyl (C=O) groups excluding carboxylic acids is 1. The summed E-state index contributed by atoms with van der Waals surface area (Å²) in [5.74, 6) is -0.539. The van der Waals surface area contributed by atoms with Crippen LogP contribution < -0.4 is 0 Å². The predicted octanol–water partition coefficient (Wildman–Crippen LogP) is 9.75. The maximum atomic E-state index is 14.2. The summed E-state index contributed by atoms with van der Waals surface area (Å²) in [5.41, 5.74) is 1.98. The molecule has 44 heavy (non-hydrogen) atoms. The van der Waals surface area contributed by atoms with Gasteiger partial charge >= 0.3 is 18.3 Å². The number of halogens is 6. The lowest BCUT2D eigenvalue weighted by molar-refractivity contribution is -0.143. The SMILES string of the molecule is CCOC(=O)C1=C(C)/C(=C(\c2ccc(C(C)(C)C)cc2)c2[nH]c(C)c(-c3ccc(C(F)(F)F)cc3C(F)(F)F)c2C)N=C1C. The Morgan fingerprint density at radius 1 is 0.864 bits per heavy atom. The van der Waals surface area contributed by atoms with Gasteiger partial charge in [-0.25, -0.2) is 4.79 Å². The van der Waals surface area contributed by atoms with Crippen LogP contribution in [0.15, 0.2) is 64.3 Å². The third kappa shape index (κ3) is 6.12. The quantitative estimate of drug-likeness (QED) is 0.229. The van der Waals surface area contributed by atoms with E-state index in [1.165, 1.54) is 0 Å². The molecule has 0 fully saturated rings. The molecule has 1 N–H and O–H groups in total. The highest BCUT2D eigenvalue weighted by Crippen LogP contribution is 2.45. The van der Waals surface area contributed by atoms with E-state index in [0.717, 1.165) is 11.6 Å². The van der Waals surface area contributed by atoms with Crippen molar-refractivity contribution >= 4 is 17.3 Å². The number of benzene rings is 2. The average molecular weight is 617 g/mol. The first kappa shape index (κ1) is 32.8. The summed E-state index contributed by atoms with van der Waals surface area (Å²) in [4.78, 5) is 20.8. The first-order chi connectivity index (χ1) is 20.3. The number of nitrogens with one attached hydrogen (secondary N) is 1. The van der Waals surface area contributed by atoms with E-state index in [1.807, 2.05) is 24.3 Å². The molecule has 4 nitrogen and oxygen atoms in total. The normalized spacial score (nSPS) is 15.5. The molecule has 0 bridgehead atoms. The molecule has 0 unspecified atom stereocenters. The standard InChI is InChI=1S/C34H34F6N2O2/c1-9-44-31(43)27-18(3)30(42-20(27)5)28(21-10-12-22(13-11-21)32(6,7)8)29-17(2)26(19(4)41-29)24-15-14-23(33(35,36)37)16-25(24)34(38,39)40/h10-16,41H,9H2,1-8H3/b30-28-. The summed E-state index contributed by atoms with van der Waals surface area (Å²) in [6.07, 6.45) is -9.99. The van der Waals surface area contributed by atoms with E-state index < -0.39 is 29.4 Å². The molecule has 0 saturated heterocycles. The van der Waals surface area contributed by atoms with Crippen molar-refractivity contribution in [1.29, 1.82) is 0 Å². The number of allylic oxidation sites excluding steroid dienone is 1. The van der Waals surface area contributed by atoms with Gasteiger partial charge in [0.1, 0.15) is 0 Å². The van der Waals surface area contributed by atoms with Crippen LogP contribution in [0.5, 0.6) is 0 Å². The van der Waals surface area contributed by atoms with E-state index >= 15 is 0 Å². The number of esters is 1. The number of aliphatic imine (C=N–C) groups is 1. The Morgan fingerprint density at radius 2 is 1.45 bits per heavy atom. The van der Waals surface area contributed by atoms with E-state index in [0.29, 0.717) is 56.7 Å². The number of carbonyl (C=O) groups is 1. The largest absolute Gasteiger partial charge is 0.462 e. The first-order valence-corrected chi connectivity index (χ1v) is 14.0. The zero-order chi connectivity index (χ0) is 32.9. The van der Waals surface area contributed by atoms with Crippen molar-refractivity contribution in [3.05, 3.63) is 98.5 Å². The highest BCUT2D eigenvalue weighted by molar-refractivity contribution is 6.22. The maximum absolute atomic E-state index is 14.2. The number of H-pyrrole nitrogens is 1. The van der Waals surface area contributed by atoms with E-state index in [9.17, 15) is 31.1 Å². The molecule has 0 saturated carbocycles. The van der Waals surface area contributed by atoms with Crippen LogP contribution in [0.3, 0.4) is 0 Å². The van der Waals surface area contributed by atoms with Crippen LogP contribution in [0.1, 0.15) is 80.7 Å². The number of alkyl halides is 6. The van der Waals surface area contributed by atoms with E-state index in [2.05, 4.69) is 25.8 Å². The van der Waals surface area contributed by atoms with Crippen LogP contribution in [0.25, 0.3) is 16.7 Å². The van der Waals surface area contributed by atoms with Crippen molar-refractivity contribution in [3.63, 3.8) is 0 Å². The third-order valence-corrected chi connectivity index (χ3v) is 7.74. The Hall–Kier alpha value is -4.08. The molecule has 1 aromatic heterocycles. The molecule has 4 rings (SSSR count). The average Bonchev–Trinajstić information content (AvgIpc) is 3.36. The van der Waals surface area contributed by atoms with Crippen LogP contribution in [0.2, 0.25) is 0 Å². The maximum Gasteiger partial charge on any atom is 0.417 e. The molecule has 234 valence electrons. The molecule has 10 heteroatoms. The lowest BCUT2D eigenvalue weighted by Gasteiger charge is -2.20. The Balaban J connectivity index is 2.05. The molecule has 2 heterocycles. The van der Waals surface area contributed by atoms with Gasteiger partial charge in [-0.1, -0.05) is 51.1 Å². The van der Waals surface area contributed by atoms with Gasteiger partial charge in [0.25, 0.3) is 0 Å². The minimum Gasteiger partial charge on any atom is -0.462 e. The van der Waals surface area contributed by atoms with Crippen LogP contribution in [-0.4, -0.2) is 23.3 Å². The number of ether oxygens (including phenoxy) is 1. The summed E-state index contributed by atoms with van der Waals surface area (Å²) in [6, 6.07) is 9.35. The molecular weight excluding hydrogens is 582 g/mol.